The smallest absolute Gasteiger partial charge is 0.232 e. The number of piperidine rings is 1. The van der Waals surface area contributed by atoms with Gasteiger partial charge in [0.1, 0.15) is 0 Å². The molecule has 0 unspecified atom stereocenters. The van der Waals surface area contributed by atoms with Crippen LogP contribution in [0.2, 0.25) is 0 Å². The van der Waals surface area contributed by atoms with E-state index in [1.165, 1.54) is 5.56 Å². The highest BCUT2D eigenvalue weighted by atomic mass is 16.2. The van der Waals surface area contributed by atoms with Gasteiger partial charge < -0.3 is 9.80 Å². The minimum Gasteiger partial charge on any atom is -0.339 e. The van der Waals surface area contributed by atoms with Crippen LogP contribution in [0, 0.1) is 11.8 Å². The van der Waals surface area contributed by atoms with Gasteiger partial charge in [-0.1, -0.05) is 32.0 Å². The summed E-state index contributed by atoms with van der Waals surface area (Å²) < 4.78 is 0. The maximum atomic E-state index is 13.1. The molecule has 1 aromatic rings. The molecule has 2 aliphatic heterocycles. The average Bonchev–Trinajstić information content (AvgIpc) is 2.94. The molecule has 4 heteroatoms. The van der Waals surface area contributed by atoms with Crippen molar-refractivity contribution >= 4 is 17.5 Å². The summed E-state index contributed by atoms with van der Waals surface area (Å²) >= 11 is 0. The molecule has 124 valence electrons. The monoisotopic (exact) mass is 314 g/mol. The Balaban J connectivity index is 1.79. The van der Waals surface area contributed by atoms with Gasteiger partial charge in [0.15, 0.2) is 0 Å². The van der Waals surface area contributed by atoms with Crippen molar-refractivity contribution in [1.82, 2.24) is 4.90 Å². The molecule has 0 aromatic heterocycles. The van der Waals surface area contributed by atoms with Gasteiger partial charge in [-0.3, -0.25) is 9.59 Å². The molecule has 0 spiro atoms. The van der Waals surface area contributed by atoms with E-state index in [2.05, 4.69) is 19.9 Å². The van der Waals surface area contributed by atoms with Crippen LogP contribution in [0.4, 0.5) is 5.69 Å². The molecule has 1 aromatic carbocycles. The Morgan fingerprint density at radius 2 is 2.00 bits per heavy atom. The number of anilines is 1. The number of fused-ring (bicyclic) bond motifs is 1. The second-order valence-corrected chi connectivity index (χ2v) is 7.19. The Morgan fingerprint density at radius 1 is 1.26 bits per heavy atom. The molecule has 0 radical (unpaired) electrons. The van der Waals surface area contributed by atoms with E-state index in [1.807, 2.05) is 34.9 Å². The molecule has 0 bridgehead atoms. The fourth-order valence-corrected chi connectivity index (χ4v) is 3.87. The summed E-state index contributed by atoms with van der Waals surface area (Å²) in [5.74, 6) is 0.709. The normalized spacial score (nSPS) is 24.3. The number of hydrogen-bond donors (Lipinski definition) is 0. The van der Waals surface area contributed by atoms with Crippen molar-refractivity contribution in [3.8, 4) is 0 Å². The molecule has 1 saturated heterocycles. The van der Waals surface area contributed by atoms with Gasteiger partial charge in [-0.25, -0.2) is 0 Å². The minimum atomic E-state index is -0.0855. The lowest BCUT2D eigenvalue weighted by atomic mass is 9.88. The molecule has 0 aliphatic carbocycles. The first-order chi connectivity index (χ1) is 11.0. The third-order valence-corrected chi connectivity index (χ3v) is 5.10. The SMILES string of the molecule is CC(C)CN1C(=O)CC[C@@H](C(=O)N2CCc3ccccc32)[C@H]1C. The average molecular weight is 314 g/mol. The number of benzene rings is 1. The van der Waals surface area contributed by atoms with E-state index in [-0.39, 0.29) is 23.8 Å². The fraction of sp³-hybridized carbons (Fsp3) is 0.579. The van der Waals surface area contributed by atoms with Crippen molar-refractivity contribution < 1.29 is 9.59 Å². The van der Waals surface area contributed by atoms with Crippen molar-refractivity contribution in [2.24, 2.45) is 11.8 Å². The van der Waals surface area contributed by atoms with Crippen LogP contribution >= 0.6 is 0 Å². The van der Waals surface area contributed by atoms with Crippen LogP contribution in [-0.2, 0) is 16.0 Å². The van der Waals surface area contributed by atoms with E-state index < -0.39 is 0 Å². The van der Waals surface area contributed by atoms with Crippen LogP contribution in [0.5, 0.6) is 0 Å². The zero-order valence-electron chi connectivity index (χ0n) is 14.3. The summed E-state index contributed by atoms with van der Waals surface area (Å²) in [4.78, 5) is 29.2. The van der Waals surface area contributed by atoms with Crippen molar-refractivity contribution in [3.63, 3.8) is 0 Å². The van der Waals surface area contributed by atoms with Crippen LogP contribution in [0.15, 0.2) is 24.3 Å². The number of para-hydroxylation sites is 1. The lowest BCUT2D eigenvalue weighted by Gasteiger charge is -2.40. The first-order valence-corrected chi connectivity index (χ1v) is 8.67. The molecule has 1 fully saturated rings. The third kappa shape index (κ3) is 2.99. The number of carbonyl (C=O) groups excluding carboxylic acids is 2. The predicted octanol–water partition coefficient (Wildman–Crippen LogP) is 2.86. The zero-order valence-corrected chi connectivity index (χ0v) is 14.3. The first-order valence-electron chi connectivity index (χ1n) is 8.67. The van der Waals surface area contributed by atoms with E-state index in [9.17, 15) is 9.59 Å². The Morgan fingerprint density at radius 3 is 2.74 bits per heavy atom. The van der Waals surface area contributed by atoms with Gasteiger partial charge in [0.25, 0.3) is 0 Å². The predicted molar refractivity (Wildman–Crippen MR) is 91.2 cm³/mol. The quantitative estimate of drug-likeness (QED) is 0.861. The van der Waals surface area contributed by atoms with Gasteiger partial charge in [-0.15, -0.1) is 0 Å². The second-order valence-electron chi connectivity index (χ2n) is 7.19. The van der Waals surface area contributed by atoms with Crippen LogP contribution in [-0.4, -0.2) is 35.8 Å². The number of carbonyl (C=O) groups is 2. The van der Waals surface area contributed by atoms with E-state index in [1.54, 1.807) is 0 Å². The molecular weight excluding hydrogens is 288 g/mol. The molecule has 3 rings (SSSR count). The van der Waals surface area contributed by atoms with Gasteiger partial charge in [0, 0.05) is 31.2 Å². The Kier molecular flexibility index (Phi) is 4.42. The molecule has 23 heavy (non-hydrogen) atoms. The lowest BCUT2D eigenvalue weighted by molar-refractivity contribution is -0.142. The highest BCUT2D eigenvalue weighted by Crippen LogP contribution is 2.33. The molecular formula is C19H26N2O2. The lowest BCUT2D eigenvalue weighted by Crippen LogP contribution is -2.53. The van der Waals surface area contributed by atoms with Gasteiger partial charge in [-0.05, 0) is 37.3 Å². The van der Waals surface area contributed by atoms with Gasteiger partial charge in [0.2, 0.25) is 11.8 Å². The molecule has 2 heterocycles. The second kappa shape index (κ2) is 6.34. The maximum Gasteiger partial charge on any atom is 0.232 e. The molecule has 2 atom stereocenters. The number of hydrogen-bond acceptors (Lipinski definition) is 2. The molecule has 2 amide bonds. The molecule has 0 N–H and O–H groups in total. The van der Waals surface area contributed by atoms with Crippen LogP contribution in [0.1, 0.15) is 39.2 Å². The highest BCUT2D eigenvalue weighted by molar-refractivity contribution is 5.98. The van der Waals surface area contributed by atoms with Crippen molar-refractivity contribution in [1.29, 1.82) is 0 Å². The van der Waals surface area contributed by atoms with Crippen molar-refractivity contribution in [3.05, 3.63) is 29.8 Å². The van der Waals surface area contributed by atoms with Gasteiger partial charge in [0.05, 0.1) is 5.92 Å². The minimum absolute atomic E-state index is 0.0149. The number of amides is 2. The van der Waals surface area contributed by atoms with Crippen LogP contribution in [0.25, 0.3) is 0 Å². The van der Waals surface area contributed by atoms with Gasteiger partial charge >= 0.3 is 0 Å². The topological polar surface area (TPSA) is 40.6 Å². The molecule has 4 nitrogen and oxygen atoms in total. The van der Waals surface area contributed by atoms with Crippen LogP contribution < -0.4 is 4.90 Å². The van der Waals surface area contributed by atoms with Crippen molar-refractivity contribution in [2.75, 3.05) is 18.0 Å². The third-order valence-electron chi connectivity index (χ3n) is 5.10. The van der Waals surface area contributed by atoms with E-state index in [0.29, 0.717) is 18.8 Å². The standard InChI is InChI=1S/C19H26N2O2/c1-13(2)12-21-14(3)16(8-9-18(21)22)19(23)20-11-10-15-6-4-5-7-17(15)20/h4-7,13-14,16H,8-12H2,1-3H3/t14-,16-/m1/s1. The summed E-state index contributed by atoms with van der Waals surface area (Å²) in [5.41, 5.74) is 2.30. The summed E-state index contributed by atoms with van der Waals surface area (Å²) in [6.45, 7) is 7.76. The fourth-order valence-electron chi connectivity index (χ4n) is 3.87. The Hall–Kier alpha value is -1.84. The van der Waals surface area contributed by atoms with E-state index in [0.717, 1.165) is 25.2 Å². The van der Waals surface area contributed by atoms with E-state index in [4.69, 9.17) is 0 Å². The maximum absolute atomic E-state index is 13.1. The number of likely N-dealkylation sites (tertiary alicyclic amines) is 1. The van der Waals surface area contributed by atoms with Crippen molar-refractivity contribution in [2.45, 2.75) is 46.1 Å². The Bertz CT molecular complexity index is 611. The zero-order chi connectivity index (χ0) is 16.6. The first kappa shape index (κ1) is 16.0. The summed E-state index contributed by atoms with van der Waals surface area (Å²) in [5, 5.41) is 0. The summed E-state index contributed by atoms with van der Waals surface area (Å²) in [6, 6.07) is 8.13. The number of nitrogens with zero attached hydrogens (tertiary/aromatic N) is 2. The van der Waals surface area contributed by atoms with Gasteiger partial charge in [-0.2, -0.15) is 0 Å². The van der Waals surface area contributed by atoms with E-state index >= 15 is 0 Å². The summed E-state index contributed by atoms with van der Waals surface area (Å²) in [7, 11) is 0. The highest BCUT2D eigenvalue weighted by Gasteiger charge is 2.40. The Labute approximate surface area is 138 Å². The summed E-state index contributed by atoms with van der Waals surface area (Å²) in [6.07, 6.45) is 2.09. The molecule has 0 saturated carbocycles. The van der Waals surface area contributed by atoms with Crippen LogP contribution in [0.3, 0.4) is 0 Å². The largest absolute Gasteiger partial charge is 0.339 e. The number of rotatable bonds is 3. The molecule has 2 aliphatic rings.